The van der Waals surface area contributed by atoms with Gasteiger partial charge < -0.3 is 0 Å². The molecule has 1 aromatic heterocycles. The lowest BCUT2D eigenvalue weighted by Crippen LogP contribution is -2.07. The van der Waals surface area contributed by atoms with Gasteiger partial charge >= 0.3 is 0 Å². The van der Waals surface area contributed by atoms with Crippen LogP contribution in [0.15, 0.2) is 103 Å². The summed E-state index contributed by atoms with van der Waals surface area (Å²) in [7, 11) is 0. The van der Waals surface area contributed by atoms with Crippen molar-refractivity contribution >= 4 is 21.7 Å². The van der Waals surface area contributed by atoms with Crippen LogP contribution >= 0.6 is 0 Å². The molecule has 4 aromatic carbocycles. The molecule has 0 saturated carbocycles. The fraction of sp³-hybridized carbons (Fsp3) is 0. The number of aromatic amines is 1. The number of hydrogen-bond donors (Lipinski definition) is 0. The molecular formula is C25H18N+. The van der Waals surface area contributed by atoms with Crippen molar-refractivity contribution in [2.24, 2.45) is 0 Å². The molecule has 0 aliphatic carbocycles. The highest BCUT2D eigenvalue weighted by Gasteiger charge is 2.11. The zero-order chi connectivity index (χ0) is 17.3. The van der Waals surface area contributed by atoms with Gasteiger partial charge in [-0.25, -0.2) is 4.98 Å². The van der Waals surface area contributed by atoms with Gasteiger partial charge in [-0.3, -0.25) is 0 Å². The molecule has 5 aromatic rings. The molecule has 0 amide bonds. The molecule has 0 bridgehead atoms. The lowest BCUT2D eigenvalue weighted by atomic mass is 9.98. The minimum Gasteiger partial charge on any atom is -0.204 e. The van der Waals surface area contributed by atoms with Crippen LogP contribution in [0.1, 0.15) is 0 Å². The summed E-state index contributed by atoms with van der Waals surface area (Å²) >= 11 is 0. The average Bonchev–Trinajstić information content (AvgIpc) is 2.74. The summed E-state index contributed by atoms with van der Waals surface area (Å²) in [5.74, 6) is 0. The van der Waals surface area contributed by atoms with Crippen molar-refractivity contribution in [2.45, 2.75) is 0 Å². The van der Waals surface area contributed by atoms with Crippen LogP contribution in [0, 0.1) is 0 Å². The Labute approximate surface area is 152 Å². The number of nitrogens with one attached hydrogen (secondary N) is 1. The summed E-state index contributed by atoms with van der Waals surface area (Å²) in [4.78, 5) is 3.59. The maximum absolute atomic E-state index is 3.59. The fourth-order valence-corrected chi connectivity index (χ4v) is 3.58. The molecule has 5 rings (SSSR count). The molecule has 0 spiro atoms. The number of aromatic nitrogens is 1. The Morgan fingerprint density at radius 2 is 1.15 bits per heavy atom. The molecule has 0 aliphatic heterocycles. The van der Waals surface area contributed by atoms with Gasteiger partial charge in [-0.1, -0.05) is 60.7 Å². The molecule has 0 atom stereocenters. The minimum absolute atomic E-state index is 1.14. The second-order valence-corrected chi connectivity index (χ2v) is 6.57. The second-order valence-electron chi connectivity index (χ2n) is 6.57. The maximum atomic E-state index is 3.59. The molecule has 1 heterocycles. The van der Waals surface area contributed by atoms with E-state index in [1.54, 1.807) is 0 Å². The molecule has 0 fully saturated rings. The van der Waals surface area contributed by atoms with Crippen molar-refractivity contribution < 1.29 is 4.98 Å². The Balaban J connectivity index is 1.71. The Hall–Kier alpha value is -3.45. The summed E-state index contributed by atoms with van der Waals surface area (Å²) < 4.78 is 0. The van der Waals surface area contributed by atoms with Crippen molar-refractivity contribution in [1.82, 2.24) is 0 Å². The Bertz CT molecular complexity index is 1210. The second kappa shape index (κ2) is 6.12. The number of rotatable bonds is 2. The molecule has 0 unspecified atom stereocenters. The van der Waals surface area contributed by atoms with Gasteiger partial charge in [0.05, 0.1) is 5.39 Å². The van der Waals surface area contributed by atoms with Crippen molar-refractivity contribution in [3.63, 3.8) is 0 Å². The summed E-state index contributed by atoms with van der Waals surface area (Å²) in [6.45, 7) is 0. The molecule has 0 radical (unpaired) electrons. The van der Waals surface area contributed by atoms with Crippen molar-refractivity contribution in [1.29, 1.82) is 0 Å². The normalized spacial score (nSPS) is 11.1. The largest absolute Gasteiger partial charge is 0.211 e. The highest BCUT2D eigenvalue weighted by Crippen LogP contribution is 2.29. The number of hydrogen-bond acceptors (Lipinski definition) is 0. The predicted octanol–water partition coefficient (Wildman–Crippen LogP) is 6.14. The first kappa shape index (κ1) is 14.9. The van der Waals surface area contributed by atoms with E-state index in [1.165, 1.54) is 32.8 Å². The van der Waals surface area contributed by atoms with Gasteiger partial charge in [-0.2, -0.15) is 0 Å². The van der Waals surface area contributed by atoms with E-state index in [2.05, 4.69) is 102 Å². The van der Waals surface area contributed by atoms with Crippen LogP contribution in [-0.4, -0.2) is 0 Å². The predicted molar refractivity (Wildman–Crippen MR) is 109 cm³/mol. The third-order valence-corrected chi connectivity index (χ3v) is 4.94. The fourth-order valence-electron chi connectivity index (χ4n) is 3.58. The van der Waals surface area contributed by atoms with E-state index in [-0.39, 0.29) is 0 Å². The Morgan fingerprint density at radius 1 is 0.462 bits per heavy atom. The van der Waals surface area contributed by atoms with Gasteiger partial charge in [-0.15, -0.1) is 0 Å². The molecule has 1 nitrogen and oxygen atoms in total. The summed E-state index contributed by atoms with van der Waals surface area (Å²) in [5.41, 5.74) is 5.99. The van der Waals surface area contributed by atoms with E-state index in [0.717, 1.165) is 11.2 Å². The van der Waals surface area contributed by atoms with E-state index in [4.69, 9.17) is 0 Å². The van der Waals surface area contributed by atoms with Gasteiger partial charge in [0.25, 0.3) is 0 Å². The Morgan fingerprint density at radius 3 is 1.92 bits per heavy atom. The summed E-state index contributed by atoms with van der Waals surface area (Å²) in [6.07, 6.45) is 0. The first-order valence-corrected chi connectivity index (χ1v) is 8.88. The third-order valence-electron chi connectivity index (χ3n) is 4.94. The highest BCUT2D eigenvalue weighted by atomic mass is 14.7. The van der Waals surface area contributed by atoms with Crippen LogP contribution in [0.3, 0.4) is 0 Å². The van der Waals surface area contributed by atoms with Crippen LogP contribution in [0.4, 0.5) is 0 Å². The van der Waals surface area contributed by atoms with Crippen LogP contribution in [-0.2, 0) is 0 Å². The first-order valence-electron chi connectivity index (χ1n) is 8.88. The maximum Gasteiger partial charge on any atom is 0.211 e. The molecular weight excluding hydrogens is 314 g/mol. The van der Waals surface area contributed by atoms with E-state index in [1.807, 2.05) is 6.07 Å². The zero-order valence-electron chi connectivity index (χ0n) is 14.3. The van der Waals surface area contributed by atoms with Gasteiger partial charge in [0.1, 0.15) is 0 Å². The van der Waals surface area contributed by atoms with E-state index < -0.39 is 0 Å². The van der Waals surface area contributed by atoms with Gasteiger partial charge in [0.15, 0.2) is 0 Å². The van der Waals surface area contributed by atoms with Crippen LogP contribution < -0.4 is 4.98 Å². The molecule has 26 heavy (non-hydrogen) atoms. The van der Waals surface area contributed by atoms with Crippen LogP contribution in [0.25, 0.3) is 44.1 Å². The standard InChI is InChI=1S/C25H17N/c1-3-7-18(8-4-1)21-12-11-19-13-15-25-22(23(19)17-21)14-16-24(26-25)20-9-5-2-6-10-20/h1-17H/p+1. The average molecular weight is 332 g/mol. The first-order chi connectivity index (χ1) is 12.9. The number of pyridine rings is 1. The van der Waals surface area contributed by atoms with E-state index in [9.17, 15) is 0 Å². The Kier molecular flexibility index (Phi) is 3.50. The summed E-state index contributed by atoms with van der Waals surface area (Å²) in [6, 6.07) is 36.5. The monoisotopic (exact) mass is 332 g/mol. The van der Waals surface area contributed by atoms with Gasteiger partial charge in [0, 0.05) is 17.7 Å². The zero-order valence-corrected chi connectivity index (χ0v) is 14.3. The number of fused-ring (bicyclic) bond motifs is 3. The highest BCUT2D eigenvalue weighted by molar-refractivity contribution is 6.06. The molecule has 122 valence electrons. The van der Waals surface area contributed by atoms with Crippen molar-refractivity contribution in [2.75, 3.05) is 0 Å². The lowest BCUT2D eigenvalue weighted by Gasteiger charge is -2.06. The van der Waals surface area contributed by atoms with Crippen LogP contribution in [0.2, 0.25) is 0 Å². The summed E-state index contributed by atoms with van der Waals surface area (Å²) in [5, 5.41) is 3.79. The van der Waals surface area contributed by atoms with Crippen molar-refractivity contribution in [3.8, 4) is 22.4 Å². The number of benzene rings is 4. The smallest absolute Gasteiger partial charge is 0.204 e. The van der Waals surface area contributed by atoms with Gasteiger partial charge in [-0.05, 0) is 52.2 Å². The molecule has 1 heteroatoms. The quantitative estimate of drug-likeness (QED) is 0.345. The van der Waals surface area contributed by atoms with Gasteiger partial charge in [0.2, 0.25) is 11.2 Å². The molecule has 1 N–H and O–H groups in total. The van der Waals surface area contributed by atoms with Crippen molar-refractivity contribution in [3.05, 3.63) is 103 Å². The molecule has 0 saturated heterocycles. The number of H-pyrrole nitrogens is 1. The lowest BCUT2D eigenvalue weighted by molar-refractivity contribution is -0.330. The topological polar surface area (TPSA) is 14.1 Å². The molecule has 0 aliphatic rings. The SMILES string of the molecule is c1ccc(-c2ccc3ccc4[nH+]c(-c5ccccc5)ccc4c3c2)cc1. The van der Waals surface area contributed by atoms with E-state index in [0.29, 0.717) is 0 Å². The van der Waals surface area contributed by atoms with Crippen LogP contribution in [0.5, 0.6) is 0 Å². The van der Waals surface area contributed by atoms with E-state index >= 15 is 0 Å². The minimum atomic E-state index is 1.14. The third kappa shape index (κ3) is 2.55.